The van der Waals surface area contributed by atoms with E-state index in [0.29, 0.717) is 6.42 Å². The van der Waals surface area contributed by atoms with Crippen LogP contribution >= 0.6 is 0 Å². The zero-order valence-corrected chi connectivity index (χ0v) is 14.5. The molecular formula is C16H24N4O4. The molecule has 8 nitrogen and oxygen atoms in total. The number of aromatic nitrogens is 2. The minimum atomic E-state index is -1.02. The maximum absolute atomic E-state index is 11.9. The van der Waals surface area contributed by atoms with Crippen LogP contribution in [0.1, 0.15) is 43.1 Å². The van der Waals surface area contributed by atoms with Crippen LogP contribution in [0.3, 0.4) is 0 Å². The number of imide groups is 1. The highest BCUT2D eigenvalue weighted by atomic mass is 16.5. The van der Waals surface area contributed by atoms with Crippen molar-refractivity contribution in [3.05, 3.63) is 17.0 Å². The molecular weight excluding hydrogens is 312 g/mol. The maximum Gasteiger partial charge on any atom is 0.321 e. The SMILES string of the molecule is Cc1nn(C)c(C)c1CCC(=O)O[C@@H](C)C(=O)NC(=O)NC1CC1. The van der Waals surface area contributed by atoms with Gasteiger partial charge in [-0.05, 0) is 45.6 Å². The van der Waals surface area contributed by atoms with Crippen molar-refractivity contribution < 1.29 is 19.1 Å². The van der Waals surface area contributed by atoms with Crippen LogP contribution in [-0.4, -0.2) is 39.8 Å². The molecule has 0 radical (unpaired) electrons. The van der Waals surface area contributed by atoms with Crippen molar-refractivity contribution in [3.63, 3.8) is 0 Å². The molecule has 24 heavy (non-hydrogen) atoms. The van der Waals surface area contributed by atoms with Crippen LogP contribution in [0.4, 0.5) is 4.79 Å². The average Bonchev–Trinajstić information content (AvgIpc) is 3.26. The third-order valence-electron chi connectivity index (χ3n) is 4.06. The molecule has 1 fully saturated rings. The van der Waals surface area contributed by atoms with Gasteiger partial charge in [0.25, 0.3) is 5.91 Å². The Balaban J connectivity index is 1.76. The molecule has 0 aliphatic heterocycles. The number of nitrogens with one attached hydrogen (secondary N) is 2. The summed E-state index contributed by atoms with van der Waals surface area (Å²) < 4.78 is 6.85. The zero-order valence-electron chi connectivity index (χ0n) is 14.5. The van der Waals surface area contributed by atoms with Crippen molar-refractivity contribution in [2.45, 2.75) is 58.6 Å². The van der Waals surface area contributed by atoms with Gasteiger partial charge in [0.1, 0.15) is 0 Å². The lowest BCUT2D eigenvalue weighted by atomic mass is 10.1. The van der Waals surface area contributed by atoms with Crippen LogP contribution in [0, 0.1) is 13.8 Å². The molecule has 1 atom stereocenters. The smallest absolute Gasteiger partial charge is 0.321 e. The lowest BCUT2D eigenvalue weighted by Gasteiger charge is -2.13. The summed E-state index contributed by atoms with van der Waals surface area (Å²) >= 11 is 0. The summed E-state index contributed by atoms with van der Waals surface area (Å²) in [6, 6.07) is -0.395. The van der Waals surface area contributed by atoms with Gasteiger partial charge >= 0.3 is 12.0 Å². The topological polar surface area (TPSA) is 102 Å². The Kier molecular flexibility index (Phi) is 5.58. The third-order valence-corrected chi connectivity index (χ3v) is 4.06. The molecule has 1 aliphatic carbocycles. The first-order chi connectivity index (χ1) is 11.3. The number of urea groups is 1. The molecule has 8 heteroatoms. The van der Waals surface area contributed by atoms with E-state index in [1.807, 2.05) is 20.9 Å². The Hall–Kier alpha value is -2.38. The summed E-state index contributed by atoms with van der Waals surface area (Å²) in [7, 11) is 1.85. The van der Waals surface area contributed by atoms with Crippen molar-refractivity contribution in [1.29, 1.82) is 0 Å². The van der Waals surface area contributed by atoms with E-state index in [-0.39, 0.29) is 12.5 Å². The van der Waals surface area contributed by atoms with Gasteiger partial charge in [0, 0.05) is 25.2 Å². The fraction of sp³-hybridized carbons (Fsp3) is 0.625. The van der Waals surface area contributed by atoms with Gasteiger partial charge in [-0.15, -0.1) is 0 Å². The van der Waals surface area contributed by atoms with E-state index in [0.717, 1.165) is 29.8 Å². The normalized spacial score (nSPS) is 14.8. The summed E-state index contributed by atoms with van der Waals surface area (Å²) in [4.78, 5) is 35.2. The Morgan fingerprint density at radius 1 is 1.33 bits per heavy atom. The van der Waals surface area contributed by atoms with Gasteiger partial charge in [-0.2, -0.15) is 5.10 Å². The van der Waals surface area contributed by atoms with Crippen LogP contribution in [0.15, 0.2) is 0 Å². The summed E-state index contributed by atoms with van der Waals surface area (Å²) in [5.41, 5.74) is 2.89. The van der Waals surface area contributed by atoms with E-state index in [1.54, 1.807) is 4.68 Å². The highest BCUT2D eigenvalue weighted by Gasteiger charge is 2.26. The fourth-order valence-electron chi connectivity index (χ4n) is 2.38. The van der Waals surface area contributed by atoms with Crippen LogP contribution in [-0.2, 0) is 27.8 Å². The molecule has 1 aromatic heterocycles. The first-order valence-corrected chi connectivity index (χ1v) is 8.07. The molecule has 3 amide bonds. The summed E-state index contributed by atoms with van der Waals surface area (Å²) in [6.45, 7) is 5.27. The third kappa shape index (κ3) is 4.81. The highest BCUT2D eigenvalue weighted by Crippen LogP contribution is 2.18. The molecule has 132 valence electrons. The van der Waals surface area contributed by atoms with Gasteiger partial charge in [-0.3, -0.25) is 19.6 Å². The number of amides is 3. The van der Waals surface area contributed by atoms with Crippen molar-refractivity contribution in [1.82, 2.24) is 20.4 Å². The summed E-state index contributed by atoms with van der Waals surface area (Å²) in [5, 5.41) is 9.10. The Morgan fingerprint density at radius 2 is 2.00 bits per heavy atom. The van der Waals surface area contributed by atoms with Gasteiger partial charge in [0.2, 0.25) is 0 Å². The van der Waals surface area contributed by atoms with E-state index >= 15 is 0 Å². The van der Waals surface area contributed by atoms with Crippen molar-refractivity contribution in [3.8, 4) is 0 Å². The predicted molar refractivity (Wildman–Crippen MR) is 86.3 cm³/mol. The lowest BCUT2D eigenvalue weighted by Crippen LogP contribution is -2.45. The fourth-order valence-corrected chi connectivity index (χ4v) is 2.38. The maximum atomic E-state index is 11.9. The number of carbonyl (C=O) groups excluding carboxylic acids is 3. The molecule has 0 saturated heterocycles. The number of rotatable bonds is 6. The van der Waals surface area contributed by atoms with Crippen LogP contribution in [0.5, 0.6) is 0 Å². The Bertz CT molecular complexity index is 649. The van der Waals surface area contributed by atoms with E-state index in [1.165, 1.54) is 6.92 Å². The number of ether oxygens (including phenoxy) is 1. The highest BCUT2D eigenvalue weighted by molar-refractivity contribution is 5.97. The quantitative estimate of drug-likeness (QED) is 0.751. The number of esters is 1. The van der Waals surface area contributed by atoms with E-state index < -0.39 is 24.0 Å². The molecule has 0 aromatic carbocycles. The number of aryl methyl sites for hydroxylation is 2. The van der Waals surface area contributed by atoms with Crippen molar-refractivity contribution in [2.75, 3.05) is 0 Å². The van der Waals surface area contributed by atoms with Crippen LogP contribution in [0.2, 0.25) is 0 Å². The minimum absolute atomic E-state index is 0.152. The first-order valence-electron chi connectivity index (χ1n) is 8.07. The van der Waals surface area contributed by atoms with Gasteiger partial charge in [-0.25, -0.2) is 4.79 Å². The van der Waals surface area contributed by atoms with Gasteiger partial charge in [0.05, 0.1) is 5.69 Å². The Morgan fingerprint density at radius 3 is 2.54 bits per heavy atom. The molecule has 2 N–H and O–H groups in total. The standard InChI is InChI=1S/C16H24N4O4/c1-9-13(10(2)20(4)19-9)7-8-14(21)24-11(3)15(22)18-16(23)17-12-5-6-12/h11-12H,5-8H2,1-4H3,(H2,17,18,22,23)/t11-/m0/s1. The second-order valence-electron chi connectivity index (χ2n) is 6.14. The summed E-state index contributed by atoms with van der Waals surface area (Å²) in [6.07, 6.45) is 1.50. The van der Waals surface area contributed by atoms with Crippen molar-refractivity contribution >= 4 is 17.9 Å². The van der Waals surface area contributed by atoms with Gasteiger partial charge < -0.3 is 10.1 Å². The predicted octanol–water partition coefficient (Wildman–Crippen LogP) is 0.889. The number of nitrogens with zero attached hydrogens (tertiary/aromatic N) is 2. The largest absolute Gasteiger partial charge is 0.453 e. The lowest BCUT2D eigenvalue weighted by molar-refractivity contribution is -0.154. The molecule has 0 unspecified atom stereocenters. The molecule has 1 saturated carbocycles. The minimum Gasteiger partial charge on any atom is -0.453 e. The zero-order chi connectivity index (χ0) is 17.9. The number of hydrogen-bond donors (Lipinski definition) is 2. The molecule has 2 rings (SSSR count). The van der Waals surface area contributed by atoms with Gasteiger partial charge in [-0.1, -0.05) is 0 Å². The number of carbonyl (C=O) groups is 3. The van der Waals surface area contributed by atoms with Crippen LogP contribution < -0.4 is 10.6 Å². The average molecular weight is 336 g/mol. The summed E-state index contributed by atoms with van der Waals surface area (Å²) in [5.74, 6) is -1.11. The molecule has 1 heterocycles. The second kappa shape index (κ2) is 7.46. The van der Waals surface area contributed by atoms with Crippen molar-refractivity contribution in [2.24, 2.45) is 7.05 Å². The Labute approximate surface area is 140 Å². The monoisotopic (exact) mass is 336 g/mol. The molecule has 0 bridgehead atoms. The molecule has 1 aliphatic rings. The van der Waals surface area contributed by atoms with E-state index in [2.05, 4.69) is 15.7 Å². The molecule has 1 aromatic rings. The first kappa shape index (κ1) is 18.0. The van der Waals surface area contributed by atoms with E-state index in [9.17, 15) is 14.4 Å². The number of hydrogen-bond acceptors (Lipinski definition) is 5. The van der Waals surface area contributed by atoms with Crippen LogP contribution in [0.25, 0.3) is 0 Å². The van der Waals surface area contributed by atoms with Gasteiger partial charge in [0.15, 0.2) is 6.10 Å². The second-order valence-corrected chi connectivity index (χ2v) is 6.14. The van der Waals surface area contributed by atoms with E-state index in [4.69, 9.17) is 4.74 Å². The molecule has 0 spiro atoms.